The number of carbonyl (C=O) groups excluding carboxylic acids is 1. The molecule has 0 saturated carbocycles. The van der Waals surface area contributed by atoms with Crippen molar-refractivity contribution in [2.75, 3.05) is 39.4 Å². The van der Waals surface area contributed by atoms with Crippen LogP contribution in [0.5, 0.6) is 0 Å². The zero-order valence-electron chi connectivity index (χ0n) is 9.75. The second-order valence-corrected chi connectivity index (χ2v) is 4.26. The second kappa shape index (κ2) is 5.23. The summed E-state index contributed by atoms with van der Waals surface area (Å²) >= 11 is 0. The van der Waals surface area contributed by atoms with Crippen molar-refractivity contribution in [2.45, 2.75) is 25.0 Å². The first-order chi connectivity index (χ1) is 7.79. The van der Waals surface area contributed by atoms with Gasteiger partial charge in [-0.25, -0.2) is 0 Å². The van der Waals surface area contributed by atoms with Crippen LogP contribution >= 0.6 is 0 Å². The molecule has 0 bridgehead atoms. The van der Waals surface area contributed by atoms with Gasteiger partial charge in [-0.3, -0.25) is 4.79 Å². The molecule has 0 aliphatic carbocycles. The molecule has 2 aliphatic rings. The Morgan fingerprint density at radius 3 is 2.75 bits per heavy atom. The topological polar surface area (TPSA) is 59.6 Å². The fourth-order valence-corrected chi connectivity index (χ4v) is 2.36. The van der Waals surface area contributed by atoms with Crippen LogP contribution in [0.2, 0.25) is 0 Å². The molecule has 0 amide bonds. The minimum atomic E-state index is -0.777. The Morgan fingerprint density at radius 1 is 1.38 bits per heavy atom. The molecule has 0 aromatic rings. The smallest absolute Gasteiger partial charge is 0.168 e. The van der Waals surface area contributed by atoms with Gasteiger partial charge in [0, 0.05) is 32.6 Å². The van der Waals surface area contributed by atoms with Crippen molar-refractivity contribution in [1.29, 1.82) is 0 Å². The molecule has 2 aliphatic heterocycles. The van der Waals surface area contributed by atoms with Crippen LogP contribution in [0.25, 0.3) is 0 Å². The quantitative estimate of drug-likeness (QED) is 0.670. The molecule has 16 heavy (non-hydrogen) atoms. The van der Waals surface area contributed by atoms with E-state index in [1.165, 1.54) is 0 Å². The molecule has 2 heterocycles. The van der Waals surface area contributed by atoms with Crippen molar-refractivity contribution >= 4 is 5.78 Å². The van der Waals surface area contributed by atoms with Crippen LogP contribution in [0.4, 0.5) is 0 Å². The maximum Gasteiger partial charge on any atom is 0.168 e. The molecular weight excluding hydrogens is 208 g/mol. The van der Waals surface area contributed by atoms with Crippen LogP contribution < -0.4 is 10.6 Å². The number of ketones is 1. The summed E-state index contributed by atoms with van der Waals surface area (Å²) in [6.45, 7) is 6.00. The summed E-state index contributed by atoms with van der Waals surface area (Å²) in [5.41, 5.74) is -0.777. The Hall–Kier alpha value is -0.490. The summed E-state index contributed by atoms with van der Waals surface area (Å²) in [6.07, 6.45) is 0.322. The molecule has 2 atom stereocenters. The fourth-order valence-electron chi connectivity index (χ4n) is 2.36. The first-order valence-corrected chi connectivity index (χ1v) is 6.00. The van der Waals surface area contributed by atoms with E-state index in [2.05, 4.69) is 10.6 Å². The molecule has 2 saturated heterocycles. The lowest BCUT2D eigenvalue weighted by Gasteiger charge is -2.43. The number of ether oxygens (including phenoxy) is 2. The third-order valence-corrected chi connectivity index (χ3v) is 3.27. The fraction of sp³-hybridized carbons (Fsp3) is 0.909. The molecule has 92 valence electrons. The minimum Gasteiger partial charge on any atom is -0.372 e. The second-order valence-electron chi connectivity index (χ2n) is 4.26. The third kappa shape index (κ3) is 2.13. The SMILES string of the molecule is CCC(=O)C1(C2CNCCO2)CNCCO1. The van der Waals surface area contributed by atoms with Crippen molar-refractivity contribution < 1.29 is 14.3 Å². The summed E-state index contributed by atoms with van der Waals surface area (Å²) in [7, 11) is 0. The minimum absolute atomic E-state index is 0.133. The summed E-state index contributed by atoms with van der Waals surface area (Å²) in [4.78, 5) is 12.1. The van der Waals surface area contributed by atoms with E-state index in [-0.39, 0.29) is 11.9 Å². The summed E-state index contributed by atoms with van der Waals surface area (Å²) in [5.74, 6) is 0.133. The van der Waals surface area contributed by atoms with Gasteiger partial charge in [0.1, 0.15) is 6.10 Å². The van der Waals surface area contributed by atoms with E-state index in [9.17, 15) is 4.79 Å². The Bertz CT molecular complexity index is 246. The standard InChI is InChI=1S/C11H20N2O3/c1-2-9(14)11(8-13-4-6-16-11)10-7-12-3-5-15-10/h10,12-13H,2-8H2,1H3. The average Bonchev–Trinajstić information content (AvgIpc) is 2.39. The van der Waals surface area contributed by atoms with Crippen LogP contribution in [0.15, 0.2) is 0 Å². The summed E-state index contributed by atoms with van der Waals surface area (Å²) < 4.78 is 11.5. The van der Waals surface area contributed by atoms with Crippen LogP contribution in [0.3, 0.4) is 0 Å². The first kappa shape index (κ1) is 12.0. The van der Waals surface area contributed by atoms with E-state index in [0.717, 1.165) is 13.1 Å². The normalized spacial score (nSPS) is 35.9. The van der Waals surface area contributed by atoms with Gasteiger partial charge in [-0.2, -0.15) is 0 Å². The Kier molecular flexibility index (Phi) is 3.91. The molecular formula is C11H20N2O3. The lowest BCUT2D eigenvalue weighted by Crippen LogP contribution is -2.65. The molecule has 0 aromatic carbocycles. The van der Waals surface area contributed by atoms with Gasteiger partial charge in [0.05, 0.1) is 13.2 Å². The van der Waals surface area contributed by atoms with Gasteiger partial charge in [0.2, 0.25) is 0 Å². The van der Waals surface area contributed by atoms with Gasteiger partial charge in [-0.1, -0.05) is 6.92 Å². The zero-order valence-corrected chi connectivity index (χ0v) is 9.75. The largest absolute Gasteiger partial charge is 0.372 e. The monoisotopic (exact) mass is 228 g/mol. The van der Waals surface area contributed by atoms with E-state index in [4.69, 9.17) is 9.47 Å². The molecule has 2 fully saturated rings. The average molecular weight is 228 g/mol. The van der Waals surface area contributed by atoms with E-state index in [0.29, 0.717) is 32.7 Å². The molecule has 5 nitrogen and oxygen atoms in total. The van der Waals surface area contributed by atoms with Gasteiger partial charge in [-0.05, 0) is 0 Å². The number of Topliss-reactive ketones (excluding diaryl/α,β-unsaturated/α-hetero) is 1. The lowest BCUT2D eigenvalue weighted by molar-refractivity contribution is -0.180. The lowest BCUT2D eigenvalue weighted by atomic mass is 9.87. The highest BCUT2D eigenvalue weighted by atomic mass is 16.6. The molecule has 2 unspecified atom stereocenters. The first-order valence-electron chi connectivity index (χ1n) is 6.00. The molecule has 0 spiro atoms. The van der Waals surface area contributed by atoms with Crippen molar-refractivity contribution in [1.82, 2.24) is 10.6 Å². The van der Waals surface area contributed by atoms with Crippen LogP contribution in [-0.2, 0) is 14.3 Å². The van der Waals surface area contributed by atoms with Crippen molar-refractivity contribution in [2.24, 2.45) is 0 Å². The van der Waals surface area contributed by atoms with Crippen molar-refractivity contribution in [3.63, 3.8) is 0 Å². The molecule has 5 heteroatoms. The number of carbonyl (C=O) groups is 1. The Labute approximate surface area is 95.9 Å². The Morgan fingerprint density at radius 2 is 2.19 bits per heavy atom. The highest BCUT2D eigenvalue weighted by Crippen LogP contribution is 2.24. The molecule has 2 N–H and O–H groups in total. The van der Waals surface area contributed by atoms with Gasteiger partial charge in [0.25, 0.3) is 0 Å². The molecule has 0 radical (unpaired) electrons. The number of nitrogens with one attached hydrogen (secondary N) is 2. The number of hydrogen-bond acceptors (Lipinski definition) is 5. The van der Waals surface area contributed by atoms with E-state index < -0.39 is 5.60 Å². The molecule has 0 aromatic heterocycles. The van der Waals surface area contributed by atoms with Crippen LogP contribution in [-0.4, -0.2) is 56.9 Å². The van der Waals surface area contributed by atoms with E-state index >= 15 is 0 Å². The number of hydrogen-bond donors (Lipinski definition) is 2. The van der Waals surface area contributed by atoms with Crippen LogP contribution in [0.1, 0.15) is 13.3 Å². The van der Waals surface area contributed by atoms with E-state index in [1.807, 2.05) is 6.92 Å². The van der Waals surface area contributed by atoms with Gasteiger partial charge >= 0.3 is 0 Å². The maximum atomic E-state index is 12.1. The zero-order chi connectivity index (χ0) is 11.4. The third-order valence-electron chi connectivity index (χ3n) is 3.27. The van der Waals surface area contributed by atoms with Gasteiger partial charge in [-0.15, -0.1) is 0 Å². The summed E-state index contributed by atoms with van der Waals surface area (Å²) in [5, 5.41) is 6.49. The van der Waals surface area contributed by atoms with E-state index in [1.54, 1.807) is 0 Å². The predicted molar refractivity (Wildman–Crippen MR) is 59.5 cm³/mol. The summed E-state index contributed by atoms with van der Waals surface area (Å²) in [6, 6.07) is 0. The van der Waals surface area contributed by atoms with Gasteiger partial charge < -0.3 is 20.1 Å². The molecule has 2 rings (SSSR count). The highest BCUT2D eigenvalue weighted by Gasteiger charge is 2.48. The van der Waals surface area contributed by atoms with Crippen molar-refractivity contribution in [3.05, 3.63) is 0 Å². The number of rotatable bonds is 3. The van der Waals surface area contributed by atoms with Crippen molar-refractivity contribution in [3.8, 4) is 0 Å². The predicted octanol–water partition coefficient (Wildman–Crippen LogP) is -0.687. The van der Waals surface area contributed by atoms with Gasteiger partial charge in [0.15, 0.2) is 11.4 Å². The number of morpholine rings is 2. The Balaban J connectivity index is 2.14. The van der Waals surface area contributed by atoms with Crippen LogP contribution in [0, 0.1) is 0 Å². The maximum absolute atomic E-state index is 12.1. The highest BCUT2D eigenvalue weighted by molar-refractivity contribution is 5.88.